The Labute approximate surface area is 110 Å². The van der Waals surface area contributed by atoms with Crippen LogP contribution in [0.5, 0.6) is 0 Å². The van der Waals surface area contributed by atoms with Crippen molar-refractivity contribution in [1.29, 1.82) is 0 Å². The van der Waals surface area contributed by atoms with Crippen molar-refractivity contribution in [1.82, 2.24) is 14.5 Å². The van der Waals surface area contributed by atoms with E-state index in [1.165, 1.54) is 16.6 Å². The topological polar surface area (TPSA) is 30.7 Å². The van der Waals surface area contributed by atoms with E-state index in [2.05, 4.69) is 40.6 Å². The minimum absolute atomic E-state index is 0.278. The molecule has 0 aliphatic heterocycles. The number of aromatic nitrogens is 3. The smallest absolute Gasteiger partial charge is 0.222 e. The van der Waals surface area contributed by atoms with Gasteiger partial charge in [-0.05, 0) is 30.7 Å². The molecule has 1 aromatic carbocycles. The van der Waals surface area contributed by atoms with Gasteiger partial charge in [0.1, 0.15) is 0 Å². The van der Waals surface area contributed by atoms with Crippen molar-refractivity contribution in [2.24, 2.45) is 7.05 Å². The molecule has 90 valence electrons. The van der Waals surface area contributed by atoms with E-state index in [0.717, 1.165) is 11.3 Å². The second-order valence-corrected chi connectivity index (χ2v) is 4.59. The Morgan fingerprint density at radius 1 is 1.17 bits per heavy atom. The first-order valence-electron chi connectivity index (χ1n) is 5.71. The van der Waals surface area contributed by atoms with Gasteiger partial charge in [-0.3, -0.25) is 0 Å². The van der Waals surface area contributed by atoms with E-state index in [4.69, 9.17) is 11.6 Å². The summed E-state index contributed by atoms with van der Waals surface area (Å²) in [4.78, 5) is 8.24. The van der Waals surface area contributed by atoms with Gasteiger partial charge in [-0.15, -0.1) is 0 Å². The predicted molar refractivity (Wildman–Crippen MR) is 73.7 cm³/mol. The van der Waals surface area contributed by atoms with Crippen molar-refractivity contribution in [2.45, 2.75) is 6.92 Å². The van der Waals surface area contributed by atoms with Gasteiger partial charge in [0, 0.05) is 35.4 Å². The van der Waals surface area contributed by atoms with Gasteiger partial charge in [0.15, 0.2) is 0 Å². The first kappa shape index (κ1) is 11.2. The number of nitrogens with zero attached hydrogens (tertiary/aromatic N) is 3. The maximum absolute atomic E-state index is 5.88. The fourth-order valence-corrected chi connectivity index (χ4v) is 2.47. The van der Waals surface area contributed by atoms with E-state index >= 15 is 0 Å². The van der Waals surface area contributed by atoms with E-state index in [1.807, 2.05) is 18.2 Å². The summed E-state index contributed by atoms with van der Waals surface area (Å²) in [5, 5.41) is 1.46. The van der Waals surface area contributed by atoms with Gasteiger partial charge in [-0.2, -0.15) is 0 Å². The predicted octanol–water partition coefficient (Wildman–Crippen LogP) is 3.60. The minimum atomic E-state index is 0.278. The molecule has 0 amide bonds. The molecule has 0 atom stereocenters. The Hall–Kier alpha value is -1.87. The number of halogens is 1. The molecule has 0 fully saturated rings. The zero-order valence-electron chi connectivity index (χ0n) is 10.2. The Morgan fingerprint density at radius 2 is 1.94 bits per heavy atom. The molecule has 4 heteroatoms. The van der Waals surface area contributed by atoms with Gasteiger partial charge >= 0.3 is 0 Å². The highest BCUT2D eigenvalue weighted by Crippen LogP contribution is 2.32. The summed E-state index contributed by atoms with van der Waals surface area (Å²) in [6.07, 6.45) is 1.69. The van der Waals surface area contributed by atoms with E-state index in [0.29, 0.717) is 0 Å². The molecule has 3 aromatic rings. The first-order valence-corrected chi connectivity index (χ1v) is 6.09. The zero-order valence-corrected chi connectivity index (χ0v) is 10.9. The third-order valence-corrected chi connectivity index (χ3v) is 3.46. The van der Waals surface area contributed by atoms with E-state index in [9.17, 15) is 0 Å². The number of aryl methyl sites for hydroxylation is 1. The van der Waals surface area contributed by atoms with Crippen molar-refractivity contribution < 1.29 is 0 Å². The van der Waals surface area contributed by atoms with Gasteiger partial charge in [-0.1, -0.05) is 18.2 Å². The number of fused-ring (bicyclic) bond motifs is 1. The summed E-state index contributed by atoms with van der Waals surface area (Å²) in [6.45, 7) is 2.09. The van der Waals surface area contributed by atoms with Crippen LogP contribution in [0, 0.1) is 6.92 Å². The molecule has 0 bridgehead atoms. The Bertz CT molecular complexity index is 731. The summed E-state index contributed by atoms with van der Waals surface area (Å²) in [5.74, 6) is 0. The van der Waals surface area contributed by atoms with Gasteiger partial charge in [0.25, 0.3) is 0 Å². The molecule has 0 aliphatic rings. The van der Waals surface area contributed by atoms with Gasteiger partial charge in [0.2, 0.25) is 5.28 Å². The molecule has 18 heavy (non-hydrogen) atoms. The molecular formula is C14H12ClN3. The lowest BCUT2D eigenvalue weighted by Crippen LogP contribution is -1.92. The molecule has 0 saturated carbocycles. The highest BCUT2D eigenvalue weighted by Gasteiger charge is 2.14. The van der Waals surface area contributed by atoms with Crippen LogP contribution in [0.3, 0.4) is 0 Å². The SMILES string of the molecule is Cc1c(-c2ccnc(Cl)n2)c2ccccc2n1C. The summed E-state index contributed by atoms with van der Waals surface area (Å²) in [6, 6.07) is 10.2. The van der Waals surface area contributed by atoms with Crippen molar-refractivity contribution in [2.75, 3.05) is 0 Å². The van der Waals surface area contributed by atoms with Crippen LogP contribution < -0.4 is 0 Å². The first-order chi connectivity index (χ1) is 8.68. The Balaban J connectivity index is 2.39. The lowest BCUT2D eigenvalue weighted by atomic mass is 10.1. The molecule has 0 spiro atoms. The molecule has 0 radical (unpaired) electrons. The van der Waals surface area contributed by atoms with Gasteiger partial charge in [-0.25, -0.2) is 9.97 Å². The summed E-state index contributed by atoms with van der Waals surface area (Å²) >= 11 is 5.88. The Morgan fingerprint density at radius 3 is 2.72 bits per heavy atom. The average molecular weight is 258 g/mol. The highest BCUT2D eigenvalue weighted by atomic mass is 35.5. The summed E-state index contributed by atoms with van der Waals surface area (Å²) in [7, 11) is 2.06. The molecule has 0 unspecified atom stereocenters. The number of hydrogen-bond donors (Lipinski definition) is 0. The molecule has 2 heterocycles. The van der Waals surface area contributed by atoms with Crippen LogP contribution in [0.25, 0.3) is 22.2 Å². The van der Waals surface area contributed by atoms with Crippen molar-refractivity contribution in [3.63, 3.8) is 0 Å². The number of rotatable bonds is 1. The standard InChI is InChI=1S/C14H12ClN3/c1-9-13(11-7-8-16-14(15)17-11)10-5-3-4-6-12(10)18(9)2/h3-8H,1-2H3. The van der Waals surface area contributed by atoms with Crippen LogP contribution in [0.1, 0.15) is 5.69 Å². The van der Waals surface area contributed by atoms with Crippen LogP contribution in [0.4, 0.5) is 0 Å². The maximum Gasteiger partial charge on any atom is 0.222 e. The number of benzene rings is 1. The van der Waals surface area contributed by atoms with Crippen molar-refractivity contribution in [3.8, 4) is 11.3 Å². The summed E-state index contributed by atoms with van der Waals surface area (Å²) in [5.41, 5.74) is 4.35. The normalized spacial score (nSPS) is 11.1. The minimum Gasteiger partial charge on any atom is -0.347 e. The van der Waals surface area contributed by atoms with Crippen molar-refractivity contribution >= 4 is 22.5 Å². The third-order valence-electron chi connectivity index (χ3n) is 3.28. The van der Waals surface area contributed by atoms with Gasteiger partial charge in [0.05, 0.1) is 5.69 Å². The molecule has 2 aromatic heterocycles. The second-order valence-electron chi connectivity index (χ2n) is 4.25. The van der Waals surface area contributed by atoms with Crippen LogP contribution in [0.15, 0.2) is 36.5 Å². The monoisotopic (exact) mass is 257 g/mol. The third kappa shape index (κ3) is 1.59. The lowest BCUT2D eigenvalue weighted by molar-refractivity contribution is 0.918. The van der Waals surface area contributed by atoms with E-state index in [1.54, 1.807) is 6.20 Å². The molecular weight excluding hydrogens is 246 g/mol. The number of hydrogen-bond acceptors (Lipinski definition) is 2. The van der Waals surface area contributed by atoms with E-state index in [-0.39, 0.29) is 5.28 Å². The fraction of sp³-hybridized carbons (Fsp3) is 0.143. The van der Waals surface area contributed by atoms with Crippen LogP contribution >= 0.6 is 11.6 Å². The van der Waals surface area contributed by atoms with Crippen molar-refractivity contribution in [3.05, 3.63) is 47.5 Å². The molecule has 0 saturated heterocycles. The Kier molecular flexibility index (Phi) is 2.56. The largest absolute Gasteiger partial charge is 0.347 e. The molecule has 0 aliphatic carbocycles. The highest BCUT2D eigenvalue weighted by molar-refractivity contribution is 6.28. The average Bonchev–Trinajstić information content (AvgIpc) is 2.63. The quantitative estimate of drug-likeness (QED) is 0.624. The molecule has 3 nitrogen and oxygen atoms in total. The molecule has 0 N–H and O–H groups in total. The molecule has 3 rings (SSSR count). The van der Waals surface area contributed by atoms with Crippen LogP contribution in [0.2, 0.25) is 5.28 Å². The maximum atomic E-state index is 5.88. The number of para-hydroxylation sites is 1. The second kappa shape index (κ2) is 4.10. The lowest BCUT2D eigenvalue weighted by Gasteiger charge is -2.02. The van der Waals surface area contributed by atoms with Gasteiger partial charge < -0.3 is 4.57 Å². The summed E-state index contributed by atoms with van der Waals surface area (Å²) < 4.78 is 2.17. The zero-order chi connectivity index (χ0) is 12.7. The van der Waals surface area contributed by atoms with Crippen LogP contribution in [-0.4, -0.2) is 14.5 Å². The van der Waals surface area contributed by atoms with E-state index < -0.39 is 0 Å². The van der Waals surface area contributed by atoms with Crippen LogP contribution in [-0.2, 0) is 7.05 Å². The fourth-order valence-electron chi connectivity index (χ4n) is 2.32.